The Morgan fingerprint density at radius 2 is 2.25 bits per heavy atom. The van der Waals surface area contributed by atoms with Gasteiger partial charge in [-0.1, -0.05) is 13.3 Å². The molecule has 0 spiro atoms. The van der Waals surface area contributed by atoms with Gasteiger partial charge in [-0.2, -0.15) is 0 Å². The molecule has 1 fully saturated rings. The molecule has 8 heavy (non-hydrogen) atoms. The minimum atomic E-state index is 0.503. The van der Waals surface area contributed by atoms with Crippen LogP contribution in [0.3, 0.4) is 0 Å². The molecule has 1 nitrogen and oxygen atoms in total. The van der Waals surface area contributed by atoms with Crippen LogP contribution in [0.1, 0.15) is 32.6 Å². The van der Waals surface area contributed by atoms with Gasteiger partial charge in [-0.15, -0.1) is 0 Å². The highest BCUT2D eigenvalue weighted by molar-refractivity contribution is 4.78. The summed E-state index contributed by atoms with van der Waals surface area (Å²) in [5.41, 5.74) is 5.78. The van der Waals surface area contributed by atoms with E-state index >= 15 is 0 Å². The third-order valence-electron chi connectivity index (χ3n) is 2.23. The Morgan fingerprint density at radius 3 is 2.38 bits per heavy atom. The van der Waals surface area contributed by atoms with Gasteiger partial charge >= 0.3 is 0 Å². The zero-order chi connectivity index (χ0) is 5.98. The first-order valence-corrected chi connectivity index (χ1v) is 3.60. The molecule has 0 heterocycles. The average molecular weight is 113 g/mol. The maximum atomic E-state index is 5.78. The minimum absolute atomic E-state index is 0.503. The van der Waals surface area contributed by atoms with Gasteiger partial charge in [-0.05, 0) is 25.2 Å². The molecule has 1 unspecified atom stereocenters. The lowest BCUT2D eigenvalue weighted by Crippen LogP contribution is -2.33. The maximum Gasteiger partial charge on any atom is 0.00645 e. The first kappa shape index (κ1) is 6.09. The van der Waals surface area contributed by atoms with E-state index < -0.39 is 0 Å². The van der Waals surface area contributed by atoms with Gasteiger partial charge < -0.3 is 5.73 Å². The van der Waals surface area contributed by atoms with Crippen molar-refractivity contribution in [1.82, 2.24) is 0 Å². The lowest BCUT2D eigenvalue weighted by molar-refractivity contribution is 0.257. The molecule has 0 bridgehead atoms. The Kier molecular flexibility index (Phi) is 1.90. The van der Waals surface area contributed by atoms with Crippen molar-refractivity contribution in [2.75, 3.05) is 0 Å². The second-order valence-electron chi connectivity index (χ2n) is 2.76. The third-order valence-corrected chi connectivity index (χ3v) is 2.23. The molecule has 0 saturated heterocycles. The van der Waals surface area contributed by atoms with Crippen LogP contribution in [0.5, 0.6) is 0 Å². The summed E-state index contributed by atoms with van der Waals surface area (Å²) >= 11 is 0. The van der Waals surface area contributed by atoms with Crippen molar-refractivity contribution in [1.29, 1.82) is 0 Å². The highest BCUT2D eigenvalue weighted by Crippen LogP contribution is 2.29. The van der Waals surface area contributed by atoms with Crippen LogP contribution in [-0.4, -0.2) is 6.04 Å². The van der Waals surface area contributed by atoms with Crippen molar-refractivity contribution >= 4 is 0 Å². The van der Waals surface area contributed by atoms with Crippen molar-refractivity contribution in [3.05, 3.63) is 0 Å². The van der Waals surface area contributed by atoms with E-state index in [9.17, 15) is 0 Å². The molecule has 1 atom stereocenters. The Morgan fingerprint density at radius 1 is 1.62 bits per heavy atom. The molecule has 48 valence electrons. The summed E-state index contributed by atoms with van der Waals surface area (Å²) in [5, 5.41) is 0. The molecule has 1 aliphatic carbocycles. The predicted molar refractivity (Wildman–Crippen MR) is 35.6 cm³/mol. The van der Waals surface area contributed by atoms with Gasteiger partial charge in [0.25, 0.3) is 0 Å². The van der Waals surface area contributed by atoms with E-state index in [1.54, 1.807) is 0 Å². The first-order valence-electron chi connectivity index (χ1n) is 3.60. The minimum Gasteiger partial charge on any atom is -0.327 e. The molecule has 0 radical (unpaired) electrons. The van der Waals surface area contributed by atoms with Gasteiger partial charge in [-0.3, -0.25) is 0 Å². The standard InChI is InChI=1S/C7H15N/c1-2-7(8)6-4-3-5-6/h6-7H,2-5,8H2,1H3. The highest BCUT2D eigenvalue weighted by atomic mass is 14.7. The van der Waals surface area contributed by atoms with Gasteiger partial charge in [0.15, 0.2) is 0 Å². The summed E-state index contributed by atoms with van der Waals surface area (Å²) in [5.74, 6) is 0.875. The number of rotatable bonds is 2. The van der Waals surface area contributed by atoms with Gasteiger partial charge in [0, 0.05) is 6.04 Å². The fourth-order valence-electron chi connectivity index (χ4n) is 1.20. The van der Waals surface area contributed by atoms with Crippen LogP contribution in [0.15, 0.2) is 0 Å². The monoisotopic (exact) mass is 113 g/mol. The topological polar surface area (TPSA) is 26.0 Å². The fraction of sp³-hybridized carbons (Fsp3) is 1.00. The molecular formula is C7H15N. The Labute approximate surface area is 51.3 Å². The Hall–Kier alpha value is -0.0400. The maximum absolute atomic E-state index is 5.78. The molecule has 1 saturated carbocycles. The van der Waals surface area contributed by atoms with Crippen LogP contribution in [-0.2, 0) is 0 Å². The van der Waals surface area contributed by atoms with E-state index in [0.717, 1.165) is 12.3 Å². The van der Waals surface area contributed by atoms with Crippen molar-refractivity contribution in [2.45, 2.75) is 38.6 Å². The van der Waals surface area contributed by atoms with Gasteiger partial charge in [0.1, 0.15) is 0 Å². The first-order chi connectivity index (χ1) is 3.84. The van der Waals surface area contributed by atoms with E-state index in [1.807, 2.05) is 0 Å². The van der Waals surface area contributed by atoms with Crippen molar-refractivity contribution < 1.29 is 0 Å². The number of hydrogen-bond donors (Lipinski definition) is 1. The molecular weight excluding hydrogens is 98.1 g/mol. The zero-order valence-corrected chi connectivity index (χ0v) is 5.56. The Balaban J connectivity index is 2.13. The summed E-state index contributed by atoms with van der Waals surface area (Å²) < 4.78 is 0. The molecule has 0 aliphatic heterocycles. The summed E-state index contributed by atoms with van der Waals surface area (Å²) in [7, 11) is 0. The van der Waals surface area contributed by atoms with Crippen molar-refractivity contribution in [3.63, 3.8) is 0 Å². The largest absolute Gasteiger partial charge is 0.327 e. The number of hydrogen-bond acceptors (Lipinski definition) is 1. The normalized spacial score (nSPS) is 24.8. The lowest BCUT2D eigenvalue weighted by atomic mass is 9.79. The highest BCUT2D eigenvalue weighted by Gasteiger charge is 2.22. The van der Waals surface area contributed by atoms with E-state index in [1.165, 1.54) is 19.3 Å². The fourth-order valence-corrected chi connectivity index (χ4v) is 1.20. The summed E-state index contributed by atoms with van der Waals surface area (Å²) in [6.45, 7) is 2.17. The second kappa shape index (κ2) is 2.49. The molecule has 0 amide bonds. The van der Waals surface area contributed by atoms with Crippen LogP contribution in [0, 0.1) is 5.92 Å². The summed E-state index contributed by atoms with van der Waals surface area (Å²) in [6, 6.07) is 0.503. The van der Waals surface area contributed by atoms with E-state index in [4.69, 9.17) is 5.73 Å². The SMILES string of the molecule is CCC(N)C1CCC1. The van der Waals surface area contributed by atoms with Gasteiger partial charge in [0.05, 0.1) is 0 Å². The molecule has 0 aromatic carbocycles. The number of nitrogens with two attached hydrogens (primary N) is 1. The third kappa shape index (κ3) is 1.03. The van der Waals surface area contributed by atoms with E-state index in [0.29, 0.717) is 6.04 Å². The summed E-state index contributed by atoms with van der Waals surface area (Å²) in [4.78, 5) is 0. The molecule has 0 aromatic rings. The molecule has 1 aliphatic rings. The summed E-state index contributed by atoms with van der Waals surface area (Å²) in [6.07, 6.45) is 5.34. The predicted octanol–water partition coefficient (Wildman–Crippen LogP) is 1.52. The van der Waals surface area contributed by atoms with E-state index in [2.05, 4.69) is 6.92 Å². The Bertz CT molecular complexity index is 64.0. The smallest absolute Gasteiger partial charge is 0.00645 e. The van der Waals surface area contributed by atoms with Crippen LogP contribution in [0.2, 0.25) is 0 Å². The quantitative estimate of drug-likeness (QED) is 0.577. The van der Waals surface area contributed by atoms with Crippen molar-refractivity contribution in [3.8, 4) is 0 Å². The van der Waals surface area contributed by atoms with Gasteiger partial charge in [-0.25, -0.2) is 0 Å². The molecule has 1 heteroatoms. The van der Waals surface area contributed by atoms with Gasteiger partial charge in [0.2, 0.25) is 0 Å². The van der Waals surface area contributed by atoms with Crippen molar-refractivity contribution in [2.24, 2.45) is 11.7 Å². The zero-order valence-electron chi connectivity index (χ0n) is 5.56. The second-order valence-corrected chi connectivity index (χ2v) is 2.76. The average Bonchev–Trinajstić information content (AvgIpc) is 1.62. The van der Waals surface area contributed by atoms with Crippen LogP contribution in [0.25, 0.3) is 0 Å². The van der Waals surface area contributed by atoms with Crippen LogP contribution >= 0.6 is 0 Å². The van der Waals surface area contributed by atoms with Crippen LogP contribution in [0.4, 0.5) is 0 Å². The van der Waals surface area contributed by atoms with Crippen LogP contribution < -0.4 is 5.73 Å². The van der Waals surface area contributed by atoms with E-state index in [-0.39, 0.29) is 0 Å². The molecule has 1 rings (SSSR count). The lowest BCUT2D eigenvalue weighted by Gasteiger charge is -2.30. The molecule has 2 N–H and O–H groups in total. The molecule has 0 aromatic heterocycles.